The second kappa shape index (κ2) is 3.74. The summed E-state index contributed by atoms with van der Waals surface area (Å²) >= 11 is 5.89. The van der Waals surface area contributed by atoms with E-state index in [-0.39, 0.29) is 10.7 Å². The van der Waals surface area contributed by atoms with Crippen molar-refractivity contribution in [2.24, 2.45) is 0 Å². The van der Waals surface area contributed by atoms with E-state index in [0.29, 0.717) is 11.3 Å². The van der Waals surface area contributed by atoms with Crippen LogP contribution in [0.4, 0.5) is 5.69 Å². The Morgan fingerprint density at radius 3 is 2.73 bits per heavy atom. The number of nitrogens with zero attached hydrogens (tertiary/aromatic N) is 1. The number of hydrogen-bond donors (Lipinski definition) is 0. The topological polar surface area (TPSA) is 56.3 Å². The third-order valence-electron chi connectivity index (χ3n) is 1.90. The first-order valence-corrected chi connectivity index (χ1v) is 4.46. The highest BCUT2D eigenvalue weighted by Crippen LogP contribution is 2.30. The van der Waals surface area contributed by atoms with E-state index in [9.17, 15) is 10.1 Å². The molecule has 0 aliphatic heterocycles. The Bertz CT molecular complexity index is 493. The summed E-state index contributed by atoms with van der Waals surface area (Å²) in [5.41, 5.74) is 0.572. The quantitative estimate of drug-likeness (QED) is 0.579. The first-order chi connectivity index (χ1) is 7.18. The molecule has 75 valence electrons. The standard InChI is InChI=1S/C10H5ClNO3/c11-9-6-7(12(13)14)3-4-8(9)10-2-1-5-15-10/h1-4,6H. The highest BCUT2D eigenvalue weighted by molar-refractivity contribution is 6.33. The maximum Gasteiger partial charge on any atom is 0.270 e. The second-order valence-corrected chi connectivity index (χ2v) is 3.25. The van der Waals surface area contributed by atoms with E-state index in [1.165, 1.54) is 12.1 Å². The van der Waals surface area contributed by atoms with Gasteiger partial charge in [0.1, 0.15) is 5.76 Å². The van der Waals surface area contributed by atoms with Gasteiger partial charge in [0.15, 0.2) is 6.26 Å². The van der Waals surface area contributed by atoms with Crippen molar-refractivity contribution in [3.8, 4) is 11.3 Å². The number of halogens is 1. The molecule has 0 bridgehead atoms. The van der Waals surface area contributed by atoms with Crippen LogP contribution in [0.25, 0.3) is 11.3 Å². The summed E-state index contributed by atoms with van der Waals surface area (Å²) < 4.78 is 5.02. The minimum atomic E-state index is -0.496. The summed E-state index contributed by atoms with van der Waals surface area (Å²) in [4.78, 5) is 9.97. The van der Waals surface area contributed by atoms with Gasteiger partial charge in [0, 0.05) is 17.7 Å². The summed E-state index contributed by atoms with van der Waals surface area (Å²) in [6.45, 7) is 0. The normalized spacial score (nSPS) is 10.2. The molecule has 1 radical (unpaired) electrons. The molecular formula is C10H5ClNO3. The Morgan fingerprint density at radius 1 is 1.40 bits per heavy atom. The van der Waals surface area contributed by atoms with Crippen molar-refractivity contribution in [3.63, 3.8) is 0 Å². The molecule has 1 aromatic heterocycles. The van der Waals surface area contributed by atoms with Gasteiger partial charge in [-0.1, -0.05) is 11.6 Å². The summed E-state index contributed by atoms with van der Waals surface area (Å²) in [7, 11) is 0. The minimum absolute atomic E-state index is 0.0423. The SMILES string of the molecule is O=[N+]([O-])c1ccc(-c2cc[c]o2)c(Cl)c1. The number of benzene rings is 1. The van der Waals surface area contributed by atoms with Crippen molar-refractivity contribution >= 4 is 17.3 Å². The zero-order valence-electron chi connectivity index (χ0n) is 7.44. The molecule has 15 heavy (non-hydrogen) atoms. The monoisotopic (exact) mass is 222 g/mol. The van der Waals surface area contributed by atoms with Gasteiger partial charge in [-0.25, -0.2) is 0 Å². The molecule has 0 unspecified atom stereocenters. The van der Waals surface area contributed by atoms with Gasteiger partial charge < -0.3 is 4.42 Å². The van der Waals surface area contributed by atoms with E-state index in [2.05, 4.69) is 6.26 Å². The van der Waals surface area contributed by atoms with Gasteiger partial charge in [0.2, 0.25) is 0 Å². The fourth-order valence-corrected chi connectivity index (χ4v) is 1.47. The lowest BCUT2D eigenvalue weighted by Gasteiger charge is -1.99. The van der Waals surface area contributed by atoms with Crippen LogP contribution >= 0.6 is 11.6 Å². The second-order valence-electron chi connectivity index (χ2n) is 2.84. The Morgan fingerprint density at radius 2 is 2.20 bits per heavy atom. The predicted molar refractivity (Wildman–Crippen MR) is 54.6 cm³/mol. The molecule has 0 spiro atoms. The lowest BCUT2D eigenvalue weighted by atomic mass is 10.1. The Hall–Kier alpha value is -1.81. The molecule has 0 aliphatic carbocycles. The maximum absolute atomic E-state index is 10.5. The van der Waals surface area contributed by atoms with E-state index < -0.39 is 4.92 Å². The van der Waals surface area contributed by atoms with Crippen LogP contribution in [-0.2, 0) is 0 Å². The molecule has 2 aromatic rings. The molecule has 1 aromatic carbocycles. The van der Waals surface area contributed by atoms with Crippen molar-refractivity contribution in [2.75, 3.05) is 0 Å². The highest BCUT2D eigenvalue weighted by atomic mass is 35.5. The molecule has 0 atom stereocenters. The summed E-state index contributed by atoms with van der Waals surface area (Å²) in [5, 5.41) is 10.8. The molecule has 2 rings (SSSR count). The Balaban J connectivity index is 2.48. The number of hydrogen-bond acceptors (Lipinski definition) is 3. The number of nitro groups is 1. The molecule has 5 heteroatoms. The zero-order chi connectivity index (χ0) is 10.8. The summed E-state index contributed by atoms with van der Waals surface area (Å²) in [6.07, 6.45) is 2.53. The lowest BCUT2D eigenvalue weighted by molar-refractivity contribution is -0.384. The molecule has 4 nitrogen and oxygen atoms in total. The van der Waals surface area contributed by atoms with Crippen LogP contribution in [-0.4, -0.2) is 4.92 Å². The molecular weight excluding hydrogens is 218 g/mol. The van der Waals surface area contributed by atoms with Gasteiger partial charge in [-0.3, -0.25) is 10.1 Å². The third kappa shape index (κ3) is 1.85. The van der Waals surface area contributed by atoms with Gasteiger partial charge in [0.25, 0.3) is 5.69 Å². The van der Waals surface area contributed by atoms with Crippen LogP contribution in [0, 0.1) is 16.4 Å². The van der Waals surface area contributed by atoms with Crippen molar-refractivity contribution in [1.29, 1.82) is 0 Å². The first kappa shape index (κ1) is 9.73. The van der Waals surface area contributed by atoms with Gasteiger partial charge >= 0.3 is 0 Å². The minimum Gasteiger partial charge on any atom is -0.453 e. The highest BCUT2D eigenvalue weighted by Gasteiger charge is 2.11. The van der Waals surface area contributed by atoms with Crippen molar-refractivity contribution in [2.45, 2.75) is 0 Å². The number of non-ortho nitro benzene ring substituents is 1. The summed E-state index contributed by atoms with van der Waals surface area (Å²) in [5.74, 6) is 0.537. The van der Waals surface area contributed by atoms with Crippen LogP contribution in [0.5, 0.6) is 0 Å². The average molecular weight is 223 g/mol. The summed E-state index contributed by atoms with van der Waals surface area (Å²) in [6, 6.07) is 7.51. The fraction of sp³-hybridized carbons (Fsp3) is 0. The smallest absolute Gasteiger partial charge is 0.270 e. The third-order valence-corrected chi connectivity index (χ3v) is 2.21. The average Bonchev–Trinajstić information content (AvgIpc) is 2.70. The van der Waals surface area contributed by atoms with Crippen LogP contribution in [0.1, 0.15) is 0 Å². The molecule has 0 saturated carbocycles. The molecule has 0 amide bonds. The molecule has 1 heterocycles. The Labute approximate surface area is 90.2 Å². The van der Waals surface area contributed by atoms with Crippen LogP contribution in [0.2, 0.25) is 5.02 Å². The van der Waals surface area contributed by atoms with Crippen LogP contribution in [0.3, 0.4) is 0 Å². The number of nitro benzene ring substituents is 1. The van der Waals surface area contributed by atoms with Gasteiger partial charge in [-0.05, 0) is 18.2 Å². The fourth-order valence-electron chi connectivity index (χ4n) is 1.20. The van der Waals surface area contributed by atoms with E-state index in [1.807, 2.05) is 0 Å². The Kier molecular flexibility index (Phi) is 2.43. The van der Waals surface area contributed by atoms with Crippen LogP contribution in [0.15, 0.2) is 34.7 Å². The van der Waals surface area contributed by atoms with E-state index in [1.54, 1.807) is 18.2 Å². The zero-order valence-corrected chi connectivity index (χ0v) is 8.19. The van der Waals surface area contributed by atoms with Crippen LogP contribution < -0.4 is 0 Å². The number of furan rings is 1. The van der Waals surface area contributed by atoms with Gasteiger partial charge in [0.05, 0.1) is 9.95 Å². The van der Waals surface area contributed by atoms with Crippen molar-refractivity contribution < 1.29 is 9.34 Å². The van der Waals surface area contributed by atoms with E-state index in [0.717, 1.165) is 0 Å². The lowest BCUT2D eigenvalue weighted by Crippen LogP contribution is -1.87. The van der Waals surface area contributed by atoms with Crippen molar-refractivity contribution in [1.82, 2.24) is 0 Å². The molecule has 0 fully saturated rings. The van der Waals surface area contributed by atoms with Gasteiger partial charge in [-0.15, -0.1) is 0 Å². The molecule has 0 N–H and O–H groups in total. The molecule has 0 saturated heterocycles. The largest absolute Gasteiger partial charge is 0.453 e. The first-order valence-electron chi connectivity index (χ1n) is 4.08. The molecule has 0 aliphatic rings. The van der Waals surface area contributed by atoms with E-state index in [4.69, 9.17) is 16.0 Å². The van der Waals surface area contributed by atoms with Crippen molar-refractivity contribution in [3.05, 3.63) is 51.7 Å². The van der Waals surface area contributed by atoms with Gasteiger partial charge in [-0.2, -0.15) is 0 Å². The maximum atomic E-state index is 10.5. The predicted octanol–water partition coefficient (Wildman–Crippen LogP) is 3.31. The number of rotatable bonds is 2. The van der Waals surface area contributed by atoms with E-state index >= 15 is 0 Å².